The van der Waals surface area contributed by atoms with Crippen LogP contribution in [0.4, 0.5) is 11.4 Å². The maximum Gasteiger partial charge on any atom is 0.250 e. The number of hydrogen-bond donors (Lipinski definition) is 2. The molecular formula is C12H14N4O2. The highest BCUT2D eigenvalue weighted by molar-refractivity contribution is 6.01. The first-order chi connectivity index (χ1) is 8.63. The van der Waals surface area contributed by atoms with Crippen molar-refractivity contribution in [3.8, 4) is 6.07 Å². The number of morpholine rings is 1. The molecule has 18 heavy (non-hydrogen) atoms. The second-order valence-corrected chi connectivity index (χ2v) is 4.04. The lowest BCUT2D eigenvalue weighted by Crippen LogP contribution is -2.43. The van der Waals surface area contributed by atoms with Gasteiger partial charge in [0.25, 0.3) is 5.91 Å². The molecule has 0 aromatic heterocycles. The fraction of sp³-hybridized carbons (Fsp3) is 0.333. The quantitative estimate of drug-likeness (QED) is 0.720. The van der Waals surface area contributed by atoms with Gasteiger partial charge in [0.1, 0.15) is 0 Å². The predicted octanol–water partition coefficient (Wildman–Crippen LogP) is 0.0965. The Morgan fingerprint density at radius 2 is 2.33 bits per heavy atom. The van der Waals surface area contributed by atoms with Crippen molar-refractivity contribution < 1.29 is 9.53 Å². The summed E-state index contributed by atoms with van der Waals surface area (Å²) in [6, 6.07) is 7.07. The van der Waals surface area contributed by atoms with E-state index in [9.17, 15) is 4.79 Å². The van der Waals surface area contributed by atoms with Gasteiger partial charge in [0.15, 0.2) is 6.10 Å². The van der Waals surface area contributed by atoms with Gasteiger partial charge < -0.3 is 21.1 Å². The fourth-order valence-electron chi connectivity index (χ4n) is 2.04. The molecule has 0 aliphatic carbocycles. The zero-order chi connectivity index (χ0) is 13.1. The molecular weight excluding hydrogens is 232 g/mol. The van der Waals surface area contributed by atoms with Crippen LogP contribution in [0, 0.1) is 11.3 Å². The molecule has 1 aliphatic heterocycles. The molecule has 6 nitrogen and oxygen atoms in total. The fourth-order valence-corrected chi connectivity index (χ4v) is 2.04. The third-order valence-electron chi connectivity index (χ3n) is 2.86. The molecule has 1 fully saturated rings. The number of primary amides is 1. The predicted molar refractivity (Wildman–Crippen MR) is 66.9 cm³/mol. The summed E-state index contributed by atoms with van der Waals surface area (Å²) < 4.78 is 5.26. The molecule has 1 unspecified atom stereocenters. The largest absolute Gasteiger partial charge is 0.397 e. The Morgan fingerprint density at radius 3 is 3.00 bits per heavy atom. The van der Waals surface area contributed by atoms with Crippen molar-refractivity contribution in [3.05, 3.63) is 23.8 Å². The first-order valence-electron chi connectivity index (χ1n) is 5.58. The monoisotopic (exact) mass is 246 g/mol. The first-order valence-corrected chi connectivity index (χ1v) is 5.58. The van der Waals surface area contributed by atoms with Crippen molar-refractivity contribution in [2.24, 2.45) is 5.73 Å². The van der Waals surface area contributed by atoms with Crippen molar-refractivity contribution in [1.29, 1.82) is 5.26 Å². The van der Waals surface area contributed by atoms with Gasteiger partial charge in [-0.2, -0.15) is 5.26 Å². The molecule has 2 rings (SSSR count). The first kappa shape index (κ1) is 12.2. The number of hydrogen-bond acceptors (Lipinski definition) is 5. The van der Waals surface area contributed by atoms with Gasteiger partial charge in [0.05, 0.1) is 36.2 Å². The van der Waals surface area contributed by atoms with E-state index in [4.69, 9.17) is 21.5 Å². The topological polar surface area (TPSA) is 105 Å². The normalized spacial score (nSPS) is 19.3. The molecule has 0 saturated carbocycles. The smallest absolute Gasteiger partial charge is 0.250 e. The van der Waals surface area contributed by atoms with Crippen molar-refractivity contribution in [2.75, 3.05) is 30.3 Å². The van der Waals surface area contributed by atoms with E-state index in [-0.39, 0.29) is 0 Å². The van der Waals surface area contributed by atoms with E-state index in [0.717, 1.165) is 0 Å². The highest BCUT2D eigenvalue weighted by atomic mass is 16.5. The van der Waals surface area contributed by atoms with Gasteiger partial charge in [-0.3, -0.25) is 4.79 Å². The van der Waals surface area contributed by atoms with Crippen LogP contribution in [0.15, 0.2) is 18.2 Å². The van der Waals surface area contributed by atoms with E-state index >= 15 is 0 Å². The number of carbonyl (C=O) groups excluding carboxylic acids is 1. The minimum absolute atomic E-state index is 0.369. The lowest BCUT2D eigenvalue weighted by atomic mass is 10.1. The van der Waals surface area contributed by atoms with Crippen molar-refractivity contribution in [1.82, 2.24) is 0 Å². The molecule has 1 heterocycles. The Kier molecular flexibility index (Phi) is 3.35. The van der Waals surface area contributed by atoms with Gasteiger partial charge in [0, 0.05) is 6.54 Å². The van der Waals surface area contributed by atoms with Crippen LogP contribution in [0.1, 0.15) is 10.4 Å². The molecule has 1 amide bonds. The number of benzene rings is 1. The summed E-state index contributed by atoms with van der Waals surface area (Å²) in [6.07, 6.45) is -0.515. The molecule has 1 atom stereocenters. The molecule has 1 aromatic rings. The van der Waals surface area contributed by atoms with Crippen molar-refractivity contribution in [2.45, 2.75) is 6.10 Å². The molecule has 4 N–H and O–H groups in total. The van der Waals surface area contributed by atoms with Gasteiger partial charge in [-0.1, -0.05) is 6.07 Å². The second-order valence-electron chi connectivity index (χ2n) is 4.04. The van der Waals surface area contributed by atoms with E-state index < -0.39 is 12.0 Å². The maximum absolute atomic E-state index is 11.4. The number of nitrogens with zero attached hydrogens (tertiary/aromatic N) is 2. The molecule has 1 aliphatic rings. The highest BCUT2D eigenvalue weighted by Gasteiger charge is 2.24. The van der Waals surface area contributed by atoms with Gasteiger partial charge in [-0.25, -0.2) is 0 Å². The number of para-hydroxylation sites is 1. The van der Waals surface area contributed by atoms with E-state index in [0.29, 0.717) is 36.6 Å². The molecule has 0 bridgehead atoms. The molecule has 1 aromatic carbocycles. The van der Waals surface area contributed by atoms with Crippen LogP contribution in [0.25, 0.3) is 0 Å². The number of nitriles is 1. The van der Waals surface area contributed by atoms with E-state index in [1.54, 1.807) is 18.2 Å². The van der Waals surface area contributed by atoms with Crippen LogP contribution in [0.2, 0.25) is 0 Å². The third-order valence-corrected chi connectivity index (χ3v) is 2.86. The van der Waals surface area contributed by atoms with Gasteiger partial charge >= 0.3 is 0 Å². The van der Waals surface area contributed by atoms with Crippen LogP contribution in [0.5, 0.6) is 0 Å². The zero-order valence-electron chi connectivity index (χ0n) is 9.80. The van der Waals surface area contributed by atoms with Gasteiger partial charge in [-0.15, -0.1) is 0 Å². The van der Waals surface area contributed by atoms with Gasteiger partial charge in [-0.05, 0) is 12.1 Å². The van der Waals surface area contributed by atoms with Crippen molar-refractivity contribution in [3.63, 3.8) is 0 Å². The molecule has 0 spiro atoms. The SMILES string of the molecule is N#CC1CN(c2c(N)cccc2C(N)=O)CCO1. The lowest BCUT2D eigenvalue weighted by Gasteiger charge is -2.33. The molecule has 6 heteroatoms. The Balaban J connectivity index is 2.38. The number of nitrogens with two attached hydrogens (primary N) is 2. The summed E-state index contributed by atoms with van der Waals surface area (Å²) >= 11 is 0. The molecule has 0 radical (unpaired) electrons. The van der Waals surface area contributed by atoms with Crippen LogP contribution in [-0.2, 0) is 4.74 Å². The maximum atomic E-state index is 11.4. The summed E-state index contributed by atoms with van der Waals surface area (Å²) in [5.41, 5.74) is 12.7. The number of amides is 1. The summed E-state index contributed by atoms with van der Waals surface area (Å²) in [5.74, 6) is -0.530. The standard InChI is InChI=1S/C12H14N4O2/c13-6-8-7-16(4-5-18-8)11-9(12(15)17)2-1-3-10(11)14/h1-3,8H,4-5,7,14H2,(H2,15,17). The number of anilines is 2. The summed E-state index contributed by atoms with van der Waals surface area (Å²) in [7, 11) is 0. The number of carbonyl (C=O) groups is 1. The lowest BCUT2D eigenvalue weighted by molar-refractivity contribution is 0.0763. The number of nitrogen functional groups attached to an aromatic ring is 1. The van der Waals surface area contributed by atoms with Crippen LogP contribution >= 0.6 is 0 Å². The molecule has 1 saturated heterocycles. The minimum Gasteiger partial charge on any atom is -0.397 e. The Bertz CT molecular complexity index is 509. The zero-order valence-corrected chi connectivity index (χ0v) is 9.80. The Labute approximate surface area is 105 Å². The van der Waals surface area contributed by atoms with Gasteiger partial charge in [0.2, 0.25) is 0 Å². The van der Waals surface area contributed by atoms with E-state index in [1.807, 2.05) is 4.90 Å². The number of rotatable bonds is 2. The van der Waals surface area contributed by atoms with Crippen LogP contribution in [-0.4, -0.2) is 31.7 Å². The Morgan fingerprint density at radius 1 is 1.56 bits per heavy atom. The van der Waals surface area contributed by atoms with Crippen LogP contribution in [0.3, 0.4) is 0 Å². The Hall–Kier alpha value is -2.26. The second kappa shape index (κ2) is 4.94. The summed E-state index contributed by atoms with van der Waals surface area (Å²) in [4.78, 5) is 13.3. The van der Waals surface area contributed by atoms with Crippen molar-refractivity contribution >= 4 is 17.3 Å². The molecule has 94 valence electrons. The summed E-state index contributed by atoms with van der Waals surface area (Å²) in [5, 5.41) is 8.88. The minimum atomic E-state index is -0.530. The highest BCUT2D eigenvalue weighted by Crippen LogP contribution is 2.29. The average Bonchev–Trinajstić information content (AvgIpc) is 2.38. The van der Waals surface area contributed by atoms with Crippen LogP contribution < -0.4 is 16.4 Å². The van der Waals surface area contributed by atoms with E-state index in [1.165, 1.54) is 0 Å². The number of ether oxygens (including phenoxy) is 1. The summed E-state index contributed by atoms with van der Waals surface area (Å²) in [6.45, 7) is 1.38. The third kappa shape index (κ3) is 2.21. The van der Waals surface area contributed by atoms with E-state index in [2.05, 4.69) is 6.07 Å². The average molecular weight is 246 g/mol.